The molecule has 0 aromatic heterocycles. The second-order valence-corrected chi connectivity index (χ2v) is 26.2. The molecule has 0 saturated heterocycles. The molecule has 2 aliphatic heterocycles. The molecule has 0 unspecified atom stereocenters. The Morgan fingerprint density at radius 2 is 0.727 bits per heavy atom. The molecule has 0 aliphatic carbocycles. The summed E-state index contributed by atoms with van der Waals surface area (Å²) in [5, 5.41) is 0. The van der Waals surface area contributed by atoms with Gasteiger partial charge in [-0.2, -0.15) is 0 Å². The molecule has 0 saturated carbocycles. The Morgan fingerprint density at radius 1 is 0.500 bits per heavy atom. The van der Waals surface area contributed by atoms with E-state index in [0.29, 0.717) is 0 Å². The monoisotopic (exact) mass is 836 g/mol. The van der Waals surface area contributed by atoms with E-state index in [0.717, 1.165) is 0 Å². The SMILES string of the molecule is CC[Te]C1=C([Te]CC)SC(=C2SC([Te]CC)=C([Te]CC)S2)S1. The van der Waals surface area contributed by atoms with Crippen LogP contribution >= 0.6 is 47.0 Å². The van der Waals surface area contributed by atoms with Crippen LogP contribution in [0.3, 0.4) is 0 Å². The van der Waals surface area contributed by atoms with Crippen LogP contribution in [0.25, 0.3) is 0 Å². The summed E-state index contributed by atoms with van der Waals surface area (Å²) in [6.45, 7) is 9.52. The molecule has 2 heterocycles. The standard InChI is InChI=1S/C14H20S4Te4/c1-5-19-11-12(20-6-2)16-9(15-11)10-17-13(21-7-3)14(18-10)22-8-4/h5-8H2,1-4H3. The maximum atomic E-state index is 2.38. The molecule has 0 fully saturated rings. The van der Waals surface area contributed by atoms with Gasteiger partial charge in [0.2, 0.25) is 0 Å². The molecule has 0 atom stereocenters. The van der Waals surface area contributed by atoms with E-state index in [1.54, 1.807) is 8.47 Å². The summed E-state index contributed by atoms with van der Waals surface area (Å²) in [5.41, 5.74) is 0. The second-order valence-electron chi connectivity index (χ2n) is 3.87. The van der Waals surface area contributed by atoms with Crippen LogP contribution in [0.5, 0.6) is 0 Å². The van der Waals surface area contributed by atoms with Crippen LogP contribution in [0.15, 0.2) is 20.3 Å². The van der Waals surface area contributed by atoms with Crippen molar-refractivity contribution in [3.63, 3.8) is 0 Å². The second kappa shape index (κ2) is 12.3. The summed E-state index contributed by atoms with van der Waals surface area (Å²) >= 11 is 9.22. The van der Waals surface area contributed by atoms with Crippen molar-refractivity contribution >= 4 is 131 Å². The molecule has 8 heteroatoms. The first-order valence-corrected chi connectivity index (χ1v) is 21.7. The zero-order valence-corrected chi connectivity index (χ0v) is 25.7. The van der Waals surface area contributed by atoms with Crippen molar-refractivity contribution in [2.45, 2.75) is 45.6 Å². The van der Waals surface area contributed by atoms with Gasteiger partial charge in [-0.1, -0.05) is 0 Å². The molecule has 0 spiro atoms. The van der Waals surface area contributed by atoms with Crippen LogP contribution < -0.4 is 0 Å². The zero-order valence-electron chi connectivity index (χ0n) is 13.1. The molecular formula is C14H20S4Te4. The van der Waals surface area contributed by atoms with Gasteiger partial charge in [-0.05, 0) is 0 Å². The number of hydrogen-bond acceptors (Lipinski definition) is 4. The average Bonchev–Trinajstić information content (AvgIpc) is 3.06. The Hall–Kier alpha value is 3.78. The summed E-state index contributed by atoms with van der Waals surface area (Å²) in [6, 6.07) is 0. The van der Waals surface area contributed by atoms with Gasteiger partial charge in [-0.15, -0.1) is 0 Å². The van der Waals surface area contributed by atoms with Gasteiger partial charge < -0.3 is 0 Å². The summed E-state index contributed by atoms with van der Waals surface area (Å²) in [4.78, 5) is 0. The minimum absolute atomic E-state index is 0.112. The Labute approximate surface area is 193 Å². The predicted molar refractivity (Wildman–Crippen MR) is 116 cm³/mol. The molecule has 0 bridgehead atoms. The molecule has 0 aromatic rings. The summed E-state index contributed by atoms with van der Waals surface area (Å²) < 4.78 is 16.5. The Balaban J connectivity index is 2.11. The molecule has 0 amide bonds. The molecule has 0 nitrogen and oxygen atoms in total. The minimum atomic E-state index is 0.112. The van der Waals surface area contributed by atoms with Crippen molar-refractivity contribution in [2.75, 3.05) is 0 Å². The maximum absolute atomic E-state index is 2.38. The predicted octanol–water partition coefficient (Wildman–Crippen LogP) is 5.90. The van der Waals surface area contributed by atoms with Gasteiger partial charge in [0.05, 0.1) is 0 Å². The third kappa shape index (κ3) is 6.44. The number of rotatable bonds is 8. The Bertz CT molecular complexity index is 415. The van der Waals surface area contributed by atoms with Crippen molar-refractivity contribution in [1.29, 1.82) is 0 Å². The molecule has 2 aliphatic rings. The van der Waals surface area contributed by atoms with E-state index in [4.69, 9.17) is 0 Å². The third-order valence-corrected chi connectivity index (χ3v) is 26.0. The Kier molecular flexibility index (Phi) is 12.3. The summed E-state index contributed by atoms with van der Waals surface area (Å²) in [5.74, 6) is 0. The summed E-state index contributed by atoms with van der Waals surface area (Å²) in [6.07, 6.45) is 0. The topological polar surface area (TPSA) is 0 Å². The first-order valence-electron chi connectivity index (χ1n) is 7.18. The molecule has 124 valence electrons. The van der Waals surface area contributed by atoms with Gasteiger partial charge in [-0.25, -0.2) is 0 Å². The number of hydrogen-bond donors (Lipinski definition) is 0. The molecule has 22 heavy (non-hydrogen) atoms. The van der Waals surface area contributed by atoms with Gasteiger partial charge in [0.15, 0.2) is 0 Å². The van der Waals surface area contributed by atoms with Crippen molar-refractivity contribution < 1.29 is 0 Å². The zero-order chi connectivity index (χ0) is 15.9. The fraction of sp³-hybridized carbons (Fsp3) is 0.571. The van der Waals surface area contributed by atoms with Crippen LogP contribution in [0.4, 0.5) is 0 Å². The van der Waals surface area contributed by atoms with E-state index in [2.05, 4.69) is 74.7 Å². The van der Waals surface area contributed by atoms with Crippen LogP contribution in [0.1, 0.15) is 27.7 Å². The quantitative estimate of drug-likeness (QED) is 0.280. The van der Waals surface area contributed by atoms with Crippen LogP contribution in [0.2, 0.25) is 17.9 Å². The van der Waals surface area contributed by atoms with E-state index < -0.39 is 0 Å². The van der Waals surface area contributed by atoms with E-state index in [1.807, 2.05) is 11.8 Å². The van der Waals surface area contributed by atoms with E-state index in [9.17, 15) is 0 Å². The number of thioether (sulfide) groups is 4. The van der Waals surface area contributed by atoms with E-state index in [1.165, 1.54) is 17.9 Å². The first-order chi connectivity index (χ1) is 10.7. The van der Waals surface area contributed by atoms with Crippen molar-refractivity contribution in [1.82, 2.24) is 0 Å². The van der Waals surface area contributed by atoms with Gasteiger partial charge in [0.1, 0.15) is 0 Å². The fourth-order valence-electron chi connectivity index (χ4n) is 1.59. The van der Waals surface area contributed by atoms with Gasteiger partial charge in [0, 0.05) is 0 Å². The summed E-state index contributed by atoms with van der Waals surface area (Å²) in [7, 11) is 0. The van der Waals surface area contributed by atoms with Gasteiger partial charge in [-0.3, -0.25) is 0 Å². The van der Waals surface area contributed by atoms with Crippen molar-refractivity contribution in [2.24, 2.45) is 0 Å². The van der Waals surface area contributed by atoms with Crippen LogP contribution in [-0.2, 0) is 0 Å². The van der Waals surface area contributed by atoms with Crippen molar-refractivity contribution in [3.05, 3.63) is 20.3 Å². The molecule has 0 aromatic carbocycles. The normalized spacial score (nSPS) is 19.1. The average molecular weight is 827 g/mol. The molecular weight excluding hydrogens is 807 g/mol. The molecule has 0 radical (unpaired) electrons. The van der Waals surface area contributed by atoms with Gasteiger partial charge >= 0.3 is 197 Å². The molecule has 2 rings (SSSR count). The first kappa shape index (κ1) is 22.1. The van der Waals surface area contributed by atoms with Crippen LogP contribution in [-0.4, -0.2) is 83.7 Å². The van der Waals surface area contributed by atoms with Gasteiger partial charge in [0.25, 0.3) is 0 Å². The fourth-order valence-corrected chi connectivity index (χ4v) is 27.9. The molecule has 0 N–H and O–H groups in total. The van der Waals surface area contributed by atoms with E-state index >= 15 is 0 Å². The Morgan fingerprint density at radius 3 is 0.909 bits per heavy atom. The van der Waals surface area contributed by atoms with E-state index in [-0.39, 0.29) is 83.7 Å². The third-order valence-electron chi connectivity index (χ3n) is 2.34. The van der Waals surface area contributed by atoms with Crippen LogP contribution in [0, 0.1) is 0 Å². The van der Waals surface area contributed by atoms with Crippen molar-refractivity contribution in [3.8, 4) is 0 Å².